The summed E-state index contributed by atoms with van der Waals surface area (Å²) in [6.45, 7) is 2.17. The molecule has 0 saturated carbocycles. The van der Waals surface area contributed by atoms with E-state index in [1.165, 1.54) is 7.11 Å². The minimum Gasteiger partial charge on any atom is -0.490 e. The highest BCUT2D eigenvalue weighted by atomic mass is 32.1. The quantitative estimate of drug-likeness (QED) is 0.334. The van der Waals surface area contributed by atoms with Crippen molar-refractivity contribution in [3.05, 3.63) is 29.5 Å². The Hall–Kier alpha value is -3.05. The zero-order valence-corrected chi connectivity index (χ0v) is 15.2. The fourth-order valence-electron chi connectivity index (χ4n) is 2.20. The van der Waals surface area contributed by atoms with Crippen LogP contribution in [-0.4, -0.2) is 48.8 Å². The van der Waals surface area contributed by atoms with Crippen molar-refractivity contribution in [2.24, 2.45) is 0 Å². The molecule has 1 aromatic rings. The van der Waals surface area contributed by atoms with E-state index in [4.69, 9.17) is 28.1 Å². The monoisotopic (exact) mass is 374 g/mol. The van der Waals surface area contributed by atoms with Gasteiger partial charge in [-0.2, -0.15) is 0 Å². The average Bonchev–Trinajstić information content (AvgIpc) is 2.88. The van der Waals surface area contributed by atoms with Gasteiger partial charge in [-0.25, -0.2) is 0 Å². The molecule has 7 nitrogen and oxygen atoms in total. The summed E-state index contributed by atoms with van der Waals surface area (Å²) in [6, 6.07) is 5.18. The lowest BCUT2D eigenvalue weighted by Gasteiger charge is -2.11. The molecule has 2 rings (SSSR count). The second-order valence-electron chi connectivity index (χ2n) is 5.09. The molecule has 0 aromatic heterocycles. The van der Waals surface area contributed by atoms with E-state index in [0.717, 1.165) is 4.90 Å². The molecule has 0 spiro atoms. The van der Waals surface area contributed by atoms with Gasteiger partial charge in [0.2, 0.25) is 0 Å². The number of hydrogen-bond acceptors (Lipinski definition) is 6. The summed E-state index contributed by atoms with van der Waals surface area (Å²) >= 11 is 5.10. The highest BCUT2D eigenvalue weighted by Gasteiger charge is 2.32. The fraction of sp³-hybridized carbons (Fsp3) is 0.278. The van der Waals surface area contributed by atoms with Gasteiger partial charge in [-0.05, 0) is 42.9 Å². The van der Waals surface area contributed by atoms with Gasteiger partial charge in [-0.1, -0.05) is 12.0 Å². The van der Waals surface area contributed by atoms with E-state index in [9.17, 15) is 9.59 Å². The van der Waals surface area contributed by atoms with Crippen LogP contribution < -0.4 is 14.8 Å². The highest BCUT2D eigenvalue weighted by molar-refractivity contribution is 7.80. The van der Waals surface area contributed by atoms with Crippen LogP contribution >= 0.6 is 12.2 Å². The number of terminal acetylenes is 1. The molecule has 0 unspecified atom stereocenters. The minimum absolute atomic E-state index is 0.122. The van der Waals surface area contributed by atoms with Crippen LogP contribution in [0.1, 0.15) is 12.5 Å². The number of rotatable bonds is 7. The third kappa shape index (κ3) is 4.52. The first-order valence-electron chi connectivity index (χ1n) is 7.74. The lowest BCUT2D eigenvalue weighted by molar-refractivity contribution is -0.143. The number of benzene rings is 1. The predicted molar refractivity (Wildman–Crippen MR) is 99.4 cm³/mol. The Labute approximate surface area is 156 Å². The molecule has 0 bridgehead atoms. The summed E-state index contributed by atoms with van der Waals surface area (Å²) in [5.74, 6) is 2.45. The van der Waals surface area contributed by atoms with Crippen molar-refractivity contribution >= 4 is 35.3 Å². The number of ether oxygens (including phenoxy) is 3. The second-order valence-corrected chi connectivity index (χ2v) is 5.47. The van der Waals surface area contributed by atoms with Gasteiger partial charge in [-0.15, -0.1) is 6.42 Å². The molecule has 1 heterocycles. The molecule has 0 radical (unpaired) electrons. The van der Waals surface area contributed by atoms with Gasteiger partial charge in [0, 0.05) is 0 Å². The van der Waals surface area contributed by atoms with Crippen LogP contribution in [0.15, 0.2) is 23.9 Å². The molecule has 1 saturated heterocycles. The van der Waals surface area contributed by atoms with E-state index >= 15 is 0 Å². The second kappa shape index (κ2) is 8.87. The minimum atomic E-state index is -0.558. The smallest absolute Gasteiger partial charge is 0.325 e. The van der Waals surface area contributed by atoms with E-state index in [-0.39, 0.29) is 24.0 Å². The standard InChI is InChI=1S/C18H18N2O5S/c1-4-8-25-14-7-6-12(10-15(14)24-5-2)9-13-17(22)20(18(26)19-13)11-16(21)23-3/h1,6-7,9-10H,5,8,11H2,2-3H3,(H,19,26)/b13-9-. The lowest BCUT2D eigenvalue weighted by Crippen LogP contribution is -2.35. The van der Waals surface area contributed by atoms with E-state index in [1.54, 1.807) is 24.3 Å². The molecule has 1 N–H and O–H groups in total. The van der Waals surface area contributed by atoms with Gasteiger partial charge >= 0.3 is 5.97 Å². The molecule has 1 fully saturated rings. The molecule has 1 aromatic carbocycles. The number of hydrogen-bond donors (Lipinski definition) is 1. The molecule has 26 heavy (non-hydrogen) atoms. The van der Waals surface area contributed by atoms with Gasteiger partial charge in [0.15, 0.2) is 16.6 Å². The molecule has 1 amide bonds. The SMILES string of the molecule is C#CCOc1ccc(/C=C2\NC(=S)N(CC(=O)OC)C2=O)cc1OCC. The highest BCUT2D eigenvalue weighted by Crippen LogP contribution is 2.29. The van der Waals surface area contributed by atoms with E-state index in [2.05, 4.69) is 16.0 Å². The van der Waals surface area contributed by atoms with Crippen LogP contribution in [0.25, 0.3) is 6.08 Å². The number of esters is 1. The summed E-state index contributed by atoms with van der Waals surface area (Å²) in [5.41, 5.74) is 0.943. The number of nitrogens with zero attached hydrogens (tertiary/aromatic N) is 1. The molecule has 1 aliphatic heterocycles. The Morgan fingerprint density at radius 1 is 1.38 bits per heavy atom. The summed E-state index contributed by atoms with van der Waals surface area (Å²) in [6.07, 6.45) is 6.81. The van der Waals surface area contributed by atoms with Gasteiger partial charge in [-0.3, -0.25) is 14.5 Å². The number of thiocarbonyl (C=S) groups is 1. The molecule has 1 aliphatic rings. The first-order chi connectivity index (χ1) is 12.5. The maximum Gasteiger partial charge on any atom is 0.325 e. The molecular formula is C18H18N2O5S. The van der Waals surface area contributed by atoms with Gasteiger partial charge in [0.25, 0.3) is 5.91 Å². The first-order valence-corrected chi connectivity index (χ1v) is 8.15. The average molecular weight is 374 g/mol. The fourth-order valence-corrected chi connectivity index (χ4v) is 2.45. The van der Waals surface area contributed by atoms with Crippen molar-refractivity contribution < 1.29 is 23.8 Å². The lowest BCUT2D eigenvalue weighted by atomic mass is 10.1. The Kier molecular flexibility index (Phi) is 6.58. The van der Waals surface area contributed by atoms with Crippen LogP contribution in [-0.2, 0) is 14.3 Å². The van der Waals surface area contributed by atoms with Crippen LogP contribution in [0, 0.1) is 12.3 Å². The topological polar surface area (TPSA) is 77.1 Å². The van der Waals surface area contributed by atoms with E-state index in [0.29, 0.717) is 23.7 Å². The predicted octanol–water partition coefficient (Wildman–Crippen LogP) is 1.33. The van der Waals surface area contributed by atoms with Crippen molar-refractivity contribution in [2.45, 2.75) is 6.92 Å². The largest absolute Gasteiger partial charge is 0.490 e. The normalized spacial score (nSPS) is 14.8. The van der Waals surface area contributed by atoms with Crippen molar-refractivity contribution in [1.29, 1.82) is 0 Å². The number of nitrogens with one attached hydrogen (secondary N) is 1. The van der Waals surface area contributed by atoms with E-state index < -0.39 is 11.9 Å². The van der Waals surface area contributed by atoms with Crippen LogP contribution in [0.2, 0.25) is 0 Å². The maximum atomic E-state index is 12.4. The molecule has 0 atom stereocenters. The Morgan fingerprint density at radius 2 is 2.15 bits per heavy atom. The number of amides is 1. The van der Waals surface area contributed by atoms with Crippen molar-refractivity contribution in [3.8, 4) is 23.8 Å². The van der Waals surface area contributed by atoms with Crippen molar-refractivity contribution in [2.75, 3.05) is 26.9 Å². The third-order valence-corrected chi connectivity index (χ3v) is 3.69. The van der Waals surface area contributed by atoms with E-state index in [1.807, 2.05) is 6.92 Å². The van der Waals surface area contributed by atoms with Gasteiger partial charge < -0.3 is 19.5 Å². The van der Waals surface area contributed by atoms with Crippen molar-refractivity contribution in [3.63, 3.8) is 0 Å². The van der Waals surface area contributed by atoms with Gasteiger partial charge in [0.05, 0.1) is 13.7 Å². The number of methoxy groups -OCH3 is 1. The van der Waals surface area contributed by atoms with Gasteiger partial charge in [0.1, 0.15) is 18.8 Å². The molecule has 0 aliphatic carbocycles. The Balaban J connectivity index is 2.24. The van der Waals surface area contributed by atoms with Crippen molar-refractivity contribution in [1.82, 2.24) is 10.2 Å². The maximum absolute atomic E-state index is 12.4. The zero-order valence-electron chi connectivity index (χ0n) is 14.4. The van der Waals surface area contributed by atoms with Crippen LogP contribution in [0.3, 0.4) is 0 Å². The molecule has 8 heteroatoms. The summed E-state index contributed by atoms with van der Waals surface area (Å²) in [5, 5.41) is 2.94. The molecular weight excluding hydrogens is 356 g/mol. The summed E-state index contributed by atoms with van der Waals surface area (Å²) in [4.78, 5) is 24.9. The summed E-state index contributed by atoms with van der Waals surface area (Å²) in [7, 11) is 1.25. The Bertz CT molecular complexity index is 797. The number of carbonyl (C=O) groups excluding carboxylic acids is 2. The Morgan fingerprint density at radius 3 is 2.81 bits per heavy atom. The molecule has 136 valence electrons. The number of carbonyl (C=O) groups is 2. The first kappa shape index (κ1) is 19.3. The van der Waals surface area contributed by atoms with Crippen LogP contribution in [0.5, 0.6) is 11.5 Å². The summed E-state index contributed by atoms with van der Waals surface area (Å²) < 4.78 is 15.5. The third-order valence-electron chi connectivity index (χ3n) is 3.37. The zero-order chi connectivity index (χ0) is 19.1. The van der Waals surface area contributed by atoms with Crippen LogP contribution in [0.4, 0.5) is 0 Å².